The first-order valence-electron chi connectivity index (χ1n) is 6.86. The Labute approximate surface area is 125 Å². The topological polar surface area (TPSA) is 95.5 Å². The summed E-state index contributed by atoms with van der Waals surface area (Å²) in [6.45, 7) is 5.79. The maximum absolute atomic E-state index is 12.1. The van der Waals surface area contributed by atoms with E-state index in [-0.39, 0.29) is 17.4 Å². The average molecular weight is 314 g/mol. The third-order valence-electron chi connectivity index (χ3n) is 2.85. The minimum Gasteiger partial charge on any atom is -0.480 e. The lowest BCUT2D eigenvalue weighted by Crippen LogP contribution is -2.32. The van der Waals surface area contributed by atoms with Gasteiger partial charge in [-0.1, -0.05) is 32.9 Å². The third-order valence-corrected chi connectivity index (χ3v) is 4.45. The smallest absolute Gasteiger partial charge is 0.326 e. The Morgan fingerprint density at radius 1 is 1.29 bits per heavy atom. The number of aliphatic carboxylic acids is 1. The summed E-state index contributed by atoms with van der Waals surface area (Å²) in [5.41, 5.74) is 0.298. The number of benzene rings is 1. The van der Waals surface area contributed by atoms with Crippen LogP contribution in [0.25, 0.3) is 0 Å². The molecule has 1 aromatic rings. The van der Waals surface area contributed by atoms with E-state index in [9.17, 15) is 18.3 Å². The van der Waals surface area contributed by atoms with Crippen LogP contribution in [0.4, 0.5) is 5.69 Å². The van der Waals surface area contributed by atoms with E-state index in [0.29, 0.717) is 12.1 Å². The summed E-state index contributed by atoms with van der Waals surface area (Å²) >= 11 is 0. The maximum Gasteiger partial charge on any atom is 0.326 e. The quantitative estimate of drug-likeness (QED) is 0.681. The summed E-state index contributed by atoms with van der Waals surface area (Å²) < 4.78 is 26.7. The molecule has 1 aromatic carbocycles. The predicted octanol–water partition coefficient (Wildman–Crippen LogP) is 1.90. The first kappa shape index (κ1) is 17.5. The van der Waals surface area contributed by atoms with Crippen molar-refractivity contribution in [2.24, 2.45) is 5.92 Å². The summed E-state index contributed by atoms with van der Waals surface area (Å²) in [6.07, 6.45) is 0.408. The van der Waals surface area contributed by atoms with Crippen molar-refractivity contribution >= 4 is 21.7 Å². The van der Waals surface area contributed by atoms with Gasteiger partial charge in [0.2, 0.25) is 10.0 Å². The zero-order valence-corrected chi connectivity index (χ0v) is 13.3. The zero-order chi connectivity index (χ0) is 16.0. The highest BCUT2D eigenvalue weighted by Crippen LogP contribution is 2.22. The normalized spacial score (nSPS) is 13.1. The molecule has 0 fully saturated rings. The third kappa shape index (κ3) is 5.02. The van der Waals surface area contributed by atoms with Crippen molar-refractivity contribution in [1.29, 1.82) is 0 Å². The number of carbonyl (C=O) groups is 1. The second-order valence-corrected chi connectivity index (χ2v) is 6.90. The molecule has 0 saturated carbocycles. The molecule has 0 aliphatic carbocycles. The standard InChI is InChI=1S/C14H22N2O4S/c1-4-15-21(19,20)13-8-6-5-7-11(13)16-12(14(17)18)9-10(2)3/h5-8,10,12,15-16H,4,9H2,1-3H3,(H,17,18). The first-order valence-corrected chi connectivity index (χ1v) is 8.34. The fourth-order valence-corrected chi connectivity index (χ4v) is 3.18. The number of hydrogen-bond donors (Lipinski definition) is 3. The van der Waals surface area contributed by atoms with Crippen molar-refractivity contribution < 1.29 is 18.3 Å². The molecule has 0 aromatic heterocycles. The maximum atomic E-state index is 12.1. The van der Waals surface area contributed by atoms with Crippen molar-refractivity contribution in [3.8, 4) is 0 Å². The summed E-state index contributed by atoms with van der Waals surface area (Å²) in [6, 6.07) is 5.47. The van der Waals surface area contributed by atoms with E-state index in [1.54, 1.807) is 25.1 Å². The van der Waals surface area contributed by atoms with Crippen LogP contribution in [-0.2, 0) is 14.8 Å². The van der Waals surface area contributed by atoms with Crippen molar-refractivity contribution in [2.45, 2.75) is 38.1 Å². The monoisotopic (exact) mass is 314 g/mol. The lowest BCUT2D eigenvalue weighted by Gasteiger charge is -2.19. The molecule has 118 valence electrons. The fraction of sp³-hybridized carbons (Fsp3) is 0.500. The molecule has 1 rings (SSSR count). The summed E-state index contributed by atoms with van der Waals surface area (Å²) in [7, 11) is -3.65. The van der Waals surface area contributed by atoms with Crippen molar-refractivity contribution in [1.82, 2.24) is 4.72 Å². The molecule has 7 heteroatoms. The van der Waals surface area contributed by atoms with Crippen LogP contribution < -0.4 is 10.0 Å². The molecule has 0 saturated heterocycles. The minimum atomic E-state index is -3.65. The van der Waals surface area contributed by atoms with Gasteiger partial charge in [-0.05, 0) is 24.5 Å². The Bertz CT molecular complexity index is 584. The van der Waals surface area contributed by atoms with Crippen LogP contribution in [0, 0.1) is 5.92 Å². The second-order valence-electron chi connectivity index (χ2n) is 5.16. The molecule has 0 heterocycles. The minimum absolute atomic E-state index is 0.0573. The van der Waals surface area contributed by atoms with E-state index in [1.165, 1.54) is 6.07 Å². The van der Waals surface area contributed by atoms with Gasteiger partial charge in [0.1, 0.15) is 10.9 Å². The molecule has 0 aliphatic rings. The molecular formula is C14H22N2O4S. The fourth-order valence-electron chi connectivity index (χ4n) is 1.97. The van der Waals surface area contributed by atoms with E-state index in [4.69, 9.17) is 0 Å². The van der Waals surface area contributed by atoms with Gasteiger partial charge in [0.25, 0.3) is 0 Å². The summed E-state index contributed by atoms with van der Waals surface area (Å²) in [4.78, 5) is 11.4. The average Bonchev–Trinajstić information content (AvgIpc) is 2.37. The van der Waals surface area contributed by atoms with E-state index in [2.05, 4.69) is 10.0 Å². The van der Waals surface area contributed by atoms with Gasteiger partial charge in [-0.15, -0.1) is 0 Å². The number of hydrogen-bond acceptors (Lipinski definition) is 4. The highest BCUT2D eigenvalue weighted by Gasteiger charge is 2.23. The SMILES string of the molecule is CCNS(=O)(=O)c1ccccc1NC(CC(C)C)C(=O)O. The van der Waals surface area contributed by atoms with Gasteiger partial charge in [-0.2, -0.15) is 0 Å². The Balaban J connectivity index is 3.11. The molecule has 1 unspecified atom stereocenters. The number of carboxylic acid groups (broad SMARTS) is 1. The Morgan fingerprint density at radius 2 is 1.90 bits per heavy atom. The Kier molecular flexibility index (Phi) is 6.17. The van der Waals surface area contributed by atoms with Crippen LogP contribution in [0.15, 0.2) is 29.2 Å². The van der Waals surface area contributed by atoms with Crippen molar-refractivity contribution in [2.75, 3.05) is 11.9 Å². The molecule has 0 aliphatic heterocycles. The molecule has 6 nitrogen and oxygen atoms in total. The number of sulfonamides is 1. The number of anilines is 1. The van der Waals surface area contributed by atoms with Crippen LogP contribution in [0.1, 0.15) is 27.2 Å². The van der Waals surface area contributed by atoms with Crippen LogP contribution in [-0.4, -0.2) is 32.1 Å². The van der Waals surface area contributed by atoms with Crippen LogP contribution in [0.2, 0.25) is 0 Å². The van der Waals surface area contributed by atoms with E-state index < -0.39 is 22.0 Å². The highest BCUT2D eigenvalue weighted by atomic mass is 32.2. The number of para-hydroxylation sites is 1. The van der Waals surface area contributed by atoms with E-state index >= 15 is 0 Å². The first-order chi connectivity index (χ1) is 9.77. The molecule has 21 heavy (non-hydrogen) atoms. The highest BCUT2D eigenvalue weighted by molar-refractivity contribution is 7.89. The van der Waals surface area contributed by atoms with Gasteiger partial charge >= 0.3 is 5.97 Å². The van der Waals surface area contributed by atoms with E-state index in [1.807, 2.05) is 13.8 Å². The Hall–Kier alpha value is -1.60. The lowest BCUT2D eigenvalue weighted by atomic mass is 10.0. The van der Waals surface area contributed by atoms with Gasteiger partial charge in [0.15, 0.2) is 0 Å². The second kappa shape index (κ2) is 7.42. The number of carboxylic acids is 1. The largest absolute Gasteiger partial charge is 0.480 e. The summed E-state index contributed by atoms with van der Waals surface area (Å²) in [5.74, 6) is -0.824. The van der Waals surface area contributed by atoms with Crippen LogP contribution >= 0.6 is 0 Å². The van der Waals surface area contributed by atoms with E-state index in [0.717, 1.165) is 0 Å². The lowest BCUT2D eigenvalue weighted by molar-refractivity contribution is -0.138. The van der Waals surface area contributed by atoms with Gasteiger partial charge in [-0.3, -0.25) is 0 Å². The van der Waals surface area contributed by atoms with Crippen molar-refractivity contribution in [3.05, 3.63) is 24.3 Å². The Morgan fingerprint density at radius 3 is 2.43 bits per heavy atom. The van der Waals surface area contributed by atoms with Gasteiger partial charge in [0.05, 0.1) is 5.69 Å². The van der Waals surface area contributed by atoms with Gasteiger partial charge < -0.3 is 10.4 Å². The molecular weight excluding hydrogens is 292 g/mol. The molecule has 0 spiro atoms. The predicted molar refractivity (Wildman–Crippen MR) is 81.8 cm³/mol. The molecule has 0 amide bonds. The molecule has 0 bridgehead atoms. The van der Waals surface area contributed by atoms with Crippen LogP contribution in [0.3, 0.4) is 0 Å². The molecule has 3 N–H and O–H groups in total. The van der Waals surface area contributed by atoms with Gasteiger partial charge in [-0.25, -0.2) is 17.9 Å². The number of nitrogens with one attached hydrogen (secondary N) is 2. The van der Waals surface area contributed by atoms with Crippen LogP contribution in [0.5, 0.6) is 0 Å². The number of rotatable bonds is 8. The van der Waals surface area contributed by atoms with Crippen molar-refractivity contribution in [3.63, 3.8) is 0 Å². The summed E-state index contributed by atoms with van der Waals surface area (Å²) in [5, 5.41) is 12.1. The zero-order valence-electron chi connectivity index (χ0n) is 12.5. The molecule has 0 radical (unpaired) electrons. The molecule has 1 atom stereocenters. The van der Waals surface area contributed by atoms with Gasteiger partial charge in [0, 0.05) is 6.54 Å².